The summed E-state index contributed by atoms with van der Waals surface area (Å²) in [4.78, 5) is 0. The van der Waals surface area contributed by atoms with E-state index in [0.29, 0.717) is 5.02 Å². The van der Waals surface area contributed by atoms with Crippen LogP contribution in [0.1, 0.15) is 24.0 Å². The number of halogens is 1. The van der Waals surface area contributed by atoms with E-state index in [2.05, 4.69) is 18.2 Å². The second-order valence-corrected chi connectivity index (χ2v) is 5.22. The molecule has 0 spiro atoms. The van der Waals surface area contributed by atoms with Crippen molar-refractivity contribution in [3.8, 4) is 16.9 Å². The number of hydrogen-bond acceptors (Lipinski definition) is 1. The molecule has 0 atom stereocenters. The van der Waals surface area contributed by atoms with Gasteiger partial charge < -0.3 is 5.11 Å². The Morgan fingerprint density at radius 2 is 1.83 bits per heavy atom. The minimum Gasteiger partial charge on any atom is -0.506 e. The van der Waals surface area contributed by atoms with Gasteiger partial charge in [-0.15, -0.1) is 0 Å². The van der Waals surface area contributed by atoms with Crippen LogP contribution in [0.25, 0.3) is 11.1 Å². The number of phenols is 1. The SMILES string of the molecule is Oc1cc(-c2cccc3c2CCCC3)ccc1Cl. The highest BCUT2D eigenvalue weighted by Gasteiger charge is 2.14. The van der Waals surface area contributed by atoms with Crippen LogP contribution in [0.5, 0.6) is 5.75 Å². The van der Waals surface area contributed by atoms with Gasteiger partial charge in [-0.05, 0) is 60.1 Å². The van der Waals surface area contributed by atoms with E-state index in [0.717, 1.165) is 12.0 Å². The molecule has 1 aliphatic carbocycles. The number of hydrogen-bond donors (Lipinski definition) is 1. The Hall–Kier alpha value is -1.47. The lowest BCUT2D eigenvalue weighted by Gasteiger charge is -2.19. The van der Waals surface area contributed by atoms with E-state index in [1.807, 2.05) is 6.07 Å². The topological polar surface area (TPSA) is 20.2 Å². The molecule has 0 bridgehead atoms. The van der Waals surface area contributed by atoms with E-state index < -0.39 is 0 Å². The van der Waals surface area contributed by atoms with Gasteiger partial charge in [-0.3, -0.25) is 0 Å². The molecule has 0 saturated heterocycles. The van der Waals surface area contributed by atoms with Crippen LogP contribution in [0.15, 0.2) is 36.4 Å². The summed E-state index contributed by atoms with van der Waals surface area (Å²) in [5.41, 5.74) is 5.17. The van der Waals surface area contributed by atoms with Crippen LogP contribution in [0.3, 0.4) is 0 Å². The van der Waals surface area contributed by atoms with Crippen LogP contribution < -0.4 is 0 Å². The minimum atomic E-state index is 0.155. The summed E-state index contributed by atoms with van der Waals surface area (Å²) in [6.45, 7) is 0. The predicted octanol–water partition coefficient (Wildman–Crippen LogP) is 4.59. The molecule has 0 unspecified atom stereocenters. The van der Waals surface area contributed by atoms with Crippen LogP contribution in [0, 0.1) is 0 Å². The predicted molar refractivity (Wildman–Crippen MR) is 75.2 cm³/mol. The molecule has 0 radical (unpaired) electrons. The lowest BCUT2D eigenvalue weighted by molar-refractivity contribution is 0.476. The van der Waals surface area contributed by atoms with E-state index in [1.54, 1.807) is 12.1 Å². The molecule has 2 aromatic carbocycles. The molecular weight excluding hydrogens is 244 g/mol. The monoisotopic (exact) mass is 258 g/mol. The van der Waals surface area contributed by atoms with Gasteiger partial charge in [0.2, 0.25) is 0 Å². The lowest BCUT2D eigenvalue weighted by atomic mass is 9.86. The van der Waals surface area contributed by atoms with Crippen molar-refractivity contribution in [1.82, 2.24) is 0 Å². The number of aromatic hydroxyl groups is 1. The summed E-state index contributed by atoms with van der Waals surface area (Å²) in [5, 5.41) is 10.1. The van der Waals surface area contributed by atoms with Crippen LogP contribution in [0.4, 0.5) is 0 Å². The number of fused-ring (bicyclic) bond motifs is 1. The molecule has 0 aliphatic heterocycles. The average molecular weight is 259 g/mol. The van der Waals surface area contributed by atoms with E-state index >= 15 is 0 Å². The number of phenolic OH excluding ortho intramolecular Hbond substituents is 1. The zero-order chi connectivity index (χ0) is 12.5. The Morgan fingerprint density at radius 1 is 1.00 bits per heavy atom. The fourth-order valence-corrected chi connectivity index (χ4v) is 2.85. The molecule has 0 heterocycles. The first-order valence-corrected chi connectivity index (χ1v) is 6.73. The first-order chi connectivity index (χ1) is 8.75. The highest BCUT2D eigenvalue weighted by atomic mass is 35.5. The van der Waals surface area contributed by atoms with Gasteiger partial charge in [0, 0.05) is 0 Å². The Kier molecular flexibility index (Phi) is 3.00. The molecule has 0 amide bonds. The van der Waals surface area contributed by atoms with Gasteiger partial charge in [0.05, 0.1) is 5.02 Å². The first-order valence-electron chi connectivity index (χ1n) is 6.35. The van der Waals surface area contributed by atoms with Gasteiger partial charge in [0.1, 0.15) is 5.75 Å². The Balaban J connectivity index is 2.13. The fraction of sp³-hybridized carbons (Fsp3) is 0.250. The molecule has 92 valence electrons. The highest BCUT2D eigenvalue weighted by molar-refractivity contribution is 6.32. The molecule has 1 aliphatic rings. The number of rotatable bonds is 1. The summed E-state index contributed by atoms with van der Waals surface area (Å²) >= 11 is 5.86. The van der Waals surface area contributed by atoms with Crippen LogP contribution in [0.2, 0.25) is 5.02 Å². The van der Waals surface area contributed by atoms with Gasteiger partial charge in [0.25, 0.3) is 0 Å². The largest absolute Gasteiger partial charge is 0.506 e. The molecule has 1 N–H and O–H groups in total. The van der Waals surface area contributed by atoms with Gasteiger partial charge in [-0.25, -0.2) is 0 Å². The molecule has 3 rings (SSSR count). The molecule has 0 saturated carbocycles. The van der Waals surface area contributed by atoms with Crippen molar-refractivity contribution in [2.45, 2.75) is 25.7 Å². The van der Waals surface area contributed by atoms with Crippen molar-refractivity contribution >= 4 is 11.6 Å². The second kappa shape index (κ2) is 4.66. The third-order valence-electron chi connectivity index (χ3n) is 3.65. The Bertz CT molecular complexity index is 590. The molecule has 1 nitrogen and oxygen atoms in total. The summed E-state index contributed by atoms with van der Waals surface area (Å²) in [7, 11) is 0. The van der Waals surface area contributed by atoms with Gasteiger partial charge in [-0.1, -0.05) is 35.9 Å². The zero-order valence-electron chi connectivity index (χ0n) is 10.1. The van der Waals surface area contributed by atoms with E-state index in [9.17, 15) is 5.11 Å². The molecule has 2 aromatic rings. The van der Waals surface area contributed by atoms with E-state index in [4.69, 9.17) is 11.6 Å². The number of benzene rings is 2. The molecule has 0 fully saturated rings. The smallest absolute Gasteiger partial charge is 0.134 e. The standard InChI is InChI=1S/C16H15ClO/c17-15-9-8-12(10-16(15)18)14-7-3-5-11-4-1-2-6-13(11)14/h3,5,7-10,18H,1-2,4,6H2. The average Bonchev–Trinajstić information content (AvgIpc) is 2.41. The molecular formula is C16H15ClO. The third kappa shape index (κ3) is 1.99. The third-order valence-corrected chi connectivity index (χ3v) is 3.97. The maximum atomic E-state index is 9.73. The van der Waals surface area contributed by atoms with Crippen molar-refractivity contribution in [3.05, 3.63) is 52.5 Å². The quantitative estimate of drug-likeness (QED) is 0.793. The summed E-state index contributed by atoms with van der Waals surface area (Å²) in [6.07, 6.45) is 4.84. The summed E-state index contributed by atoms with van der Waals surface area (Å²) in [6, 6.07) is 11.9. The van der Waals surface area contributed by atoms with Crippen LogP contribution in [-0.4, -0.2) is 5.11 Å². The molecule has 2 heteroatoms. The van der Waals surface area contributed by atoms with Crippen molar-refractivity contribution < 1.29 is 5.11 Å². The maximum Gasteiger partial charge on any atom is 0.134 e. The second-order valence-electron chi connectivity index (χ2n) is 4.82. The van der Waals surface area contributed by atoms with Crippen LogP contribution >= 0.6 is 11.6 Å². The highest BCUT2D eigenvalue weighted by Crippen LogP contribution is 2.34. The van der Waals surface area contributed by atoms with Gasteiger partial charge in [-0.2, -0.15) is 0 Å². The van der Waals surface area contributed by atoms with Gasteiger partial charge in [0.15, 0.2) is 0 Å². The normalized spacial score (nSPS) is 14.3. The van der Waals surface area contributed by atoms with Crippen molar-refractivity contribution in [3.63, 3.8) is 0 Å². The fourth-order valence-electron chi connectivity index (χ4n) is 2.73. The lowest BCUT2D eigenvalue weighted by Crippen LogP contribution is -2.04. The first kappa shape index (κ1) is 11.6. The summed E-state index contributed by atoms with van der Waals surface area (Å²) < 4.78 is 0. The number of aryl methyl sites for hydroxylation is 1. The Labute approximate surface area is 112 Å². The van der Waals surface area contributed by atoms with Crippen molar-refractivity contribution in [2.24, 2.45) is 0 Å². The van der Waals surface area contributed by atoms with Crippen LogP contribution in [-0.2, 0) is 12.8 Å². The van der Waals surface area contributed by atoms with Crippen molar-refractivity contribution in [1.29, 1.82) is 0 Å². The summed E-state index contributed by atoms with van der Waals surface area (Å²) in [5.74, 6) is 0.155. The minimum absolute atomic E-state index is 0.155. The maximum absolute atomic E-state index is 9.73. The molecule has 18 heavy (non-hydrogen) atoms. The van der Waals surface area contributed by atoms with E-state index in [1.165, 1.54) is 36.0 Å². The van der Waals surface area contributed by atoms with E-state index in [-0.39, 0.29) is 5.75 Å². The van der Waals surface area contributed by atoms with Gasteiger partial charge >= 0.3 is 0 Å². The Morgan fingerprint density at radius 3 is 2.67 bits per heavy atom. The zero-order valence-corrected chi connectivity index (χ0v) is 10.9. The molecule has 0 aromatic heterocycles. The van der Waals surface area contributed by atoms with Crippen molar-refractivity contribution in [2.75, 3.05) is 0 Å².